The Kier molecular flexibility index (Phi) is 4.44. The number of aromatic amines is 1. The van der Waals surface area contributed by atoms with Crippen molar-refractivity contribution in [3.05, 3.63) is 24.0 Å². The molecule has 4 saturated carbocycles. The second-order valence-corrected chi connectivity index (χ2v) is 12.6. The number of H-pyrrole nitrogens is 1. The van der Waals surface area contributed by atoms with Gasteiger partial charge in [-0.2, -0.15) is 0 Å². The molecule has 0 unspecified atom stereocenters. The molecule has 7 rings (SSSR count). The van der Waals surface area contributed by atoms with Crippen molar-refractivity contribution in [2.75, 3.05) is 6.61 Å². The maximum Gasteiger partial charge on any atom is 0.355 e. The number of hydrogen-bond donors (Lipinski definition) is 9. The number of rotatable bonds is 4. The third kappa shape index (κ3) is 1.91. The predicted molar refractivity (Wildman–Crippen MR) is 122 cm³/mol. The monoisotopic (exact) mass is 525 g/mol. The fourth-order valence-corrected chi connectivity index (χ4v) is 9.59. The Bertz CT molecular complexity index is 1190. The predicted octanol–water partition coefficient (Wildman–Crippen LogP) is -2.10. The average Bonchev–Trinajstić information content (AvgIpc) is 3.45. The number of aromatic nitrogens is 1. The van der Waals surface area contributed by atoms with E-state index in [-0.39, 0.29) is 18.5 Å². The Morgan fingerprint density at radius 1 is 1.16 bits per heavy atom. The molecule has 9 N–H and O–H groups in total. The maximum absolute atomic E-state index is 13.2. The number of esters is 1. The number of aliphatic hydroxyl groups excluding tert-OH is 2. The Morgan fingerprint density at radius 3 is 2.35 bits per heavy atom. The molecule has 3 heterocycles. The molecule has 6 fully saturated rings. The first-order valence-corrected chi connectivity index (χ1v) is 12.6. The minimum Gasteiger partial charge on any atom is -0.451 e. The molecule has 6 bridgehead atoms. The van der Waals surface area contributed by atoms with Crippen LogP contribution in [0.5, 0.6) is 0 Å². The van der Waals surface area contributed by atoms with E-state index < -0.39 is 87.3 Å². The molecule has 2 saturated heterocycles. The SMILES string of the molecule is CC(C)[C@@]1(O)[C@@H](OC(=O)c2ccc[nH]2)[C@]2(O)[C@@]3(CO)C[C@]4(O)O[C@@]5([C@@H](O)[C@@](C)(O)CC[C@]35O)[C@@]2(O)[C@@]14C. The molecular formula is C25H35NO11. The molecule has 11 atom stereocenters. The van der Waals surface area contributed by atoms with Crippen molar-refractivity contribution in [2.45, 2.75) is 98.6 Å². The molecule has 6 aliphatic rings. The van der Waals surface area contributed by atoms with Gasteiger partial charge in [0.25, 0.3) is 0 Å². The van der Waals surface area contributed by atoms with Crippen LogP contribution in [0.4, 0.5) is 0 Å². The molecule has 0 aromatic carbocycles. The normalized spacial score (nSPS) is 59.3. The van der Waals surface area contributed by atoms with Gasteiger partial charge in [0, 0.05) is 12.6 Å². The first-order valence-electron chi connectivity index (χ1n) is 12.6. The van der Waals surface area contributed by atoms with E-state index in [9.17, 15) is 45.6 Å². The average molecular weight is 526 g/mol. The molecule has 1 aromatic heterocycles. The van der Waals surface area contributed by atoms with E-state index in [0.29, 0.717) is 0 Å². The first-order chi connectivity index (χ1) is 16.9. The number of carbonyl (C=O) groups excluding carboxylic acids is 1. The summed E-state index contributed by atoms with van der Waals surface area (Å²) in [6.45, 7) is 4.54. The topological polar surface area (TPSA) is 213 Å². The Morgan fingerprint density at radius 2 is 1.81 bits per heavy atom. The summed E-state index contributed by atoms with van der Waals surface area (Å²) in [7, 11) is 0. The summed E-state index contributed by atoms with van der Waals surface area (Å²) in [4.78, 5) is 15.9. The lowest BCUT2D eigenvalue weighted by Gasteiger charge is -2.62. The van der Waals surface area contributed by atoms with Gasteiger partial charge in [-0.3, -0.25) is 0 Å². The van der Waals surface area contributed by atoms with Crippen molar-refractivity contribution in [3.8, 4) is 0 Å². The van der Waals surface area contributed by atoms with Gasteiger partial charge in [0.2, 0.25) is 0 Å². The summed E-state index contributed by atoms with van der Waals surface area (Å²) < 4.78 is 11.8. The number of carbonyl (C=O) groups is 1. The molecule has 37 heavy (non-hydrogen) atoms. The summed E-state index contributed by atoms with van der Waals surface area (Å²) >= 11 is 0. The molecule has 0 amide bonds. The van der Waals surface area contributed by atoms with Crippen molar-refractivity contribution in [1.29, 1.82) is 0 Å². The molecule has 4 aliphatic carbocycles. The largest absolute Gasteiger partial charge is 0.451 e. The third-order valence-electron chi connectivity index (χ3n) is 11.3. The minimum atomic E-state index is -2.93. The van der Waals surface area contributed by atoms with Gasteiger partial charge in [-0.1, -0.05) is 13.8 Å². The minimum absolute atomic E-state index is 0.0314. The number of aliphatic hydroxyl groups is 8. The van der Waals surface area contributed by atoms with Crippen molar-refractivity contribution >= 4 is 5.97 Å². The quantitative estimate of drug-likeness (QED) is 0.194. The first kappa shape index (κ1) is 25.7. The van der Waals surface area contributed by atoms with Crippen molar-refractivity contribution in [1.82, 2.24) is 4.98 Å². The smallest absolute Gasteiger partial charge is 0.355 e. The Labute approximate surface area is 212 Å². The summed E-state index contributed by atoms with van der Waals surface area (Å²) in [6, 6.07) is 2.93. The second-order valence-electron chi connectivity index (χ2n) is 12.6. The third-order valence-corrected chi connectivity index (χ3v) is 11.3. The maximum atomic E-state index is 13.2. The summed E-state index contributed by atoms with van der Waals surface area (Å²) in [5.41, 5.74) is -19.9. The molecule has 0 radical (unpaired) electrons. The summed E-state index contributed by atoms with van der Waals surface area (Å²) in [5, 5.41) is 96.1. The number of ether oxygens (including phenoxy) is 2. The number of nitrogens with one attached hydrogen (secondary N) is 1. The number of hydrogen-bond acceptors (Lipinski definition) is 11. The lowest BCUT2D eigenvalue weighted by atomic mass is 9.52. The van der Waals surface area contributed by atoms with Crippen LogP contribution in [-0.2, 0) is 9.47 Å². The summed E-state index contributed by atoms with van der Waals surface area (Å²) in [6.07, 6.45) is -3.87. The zero-order valence-electron chi connectivity index (χ0n) is 21.1. The van der Waals surface area contributed by atoms with Gasteiger partial charge in [-0.05, 0) is 44.7 Å². The standard InChI is InChI=1S/C25H35NO11/c1-12(2)22(33)16(36-14(28)13-6-5-9-26-13)23(34)19(11-27)10-21(32)18(22,4)25(23,35)24(37-21)15(29)17(3,30)7-8-20(19,24)31/h5-6,9,12,15-16,26-27,29-35H,7-8,10-11H2,1-4H3/t15-,16+,17-,18+,19+,20-,21-,22+,23-,24+,25+/m0/s1. The van der Waals surface area contributed by atoms with Crippen LogP contribution < -0.4 is 0 Å². The van der Waals surface area contributed by atoms with E-state index in [1.807, 2.05) is 0 Å². The van der Waals surface area contributed by atoms with E-state index in [0.717, 1.165) is 0 Å². The van der Waals surface area contributed by atoms with Crippen LogP contribution in [0.25, 0.3) is 0 Å². The zero-order chi connectivity index (χ0) is 27.5. The van der Waals surface area contributed by atoms with E-state index >= 15 is 0 Å². The lowest BCUT2D eigenvalue weighted by molar-refractivity contribution is -0.403. The van der Waals surface area contributed by atoms with E-state index in [1.165, 1.54) is 46.0 Å². The van der Waals surface area contributed by atoms with Gasteiger partial charge in [0.1, 0.15) is 34.2 Å². The van der Waals surface area contributed by atoms with Gasteiger partial charge >= 0.3 is 5.97 Å². The molecule has 1 spiro atoms. The van der Waals surface area contributed by atoms with Crippen LogP contribution in [0.15, 0.2) is 18.3 Å². The van der Waals surface area contributed by atoms with Crippen LogP contribution >= 0.6 is 0 Å². The van der Waals surface area contributed by atoms with Crippen LogP contribution in [0.3, 0.4) is 0 Å². The van der Waals surface area contributed by atoms with Crippen LogP contribution in [0, 0.1) is 16.7 Å². The molecule has 206 valence electrons. The Hall–Kier alpha value is -1.61. The highest BCUT2D eigenvalue weighted by Gasteiger charge is 3.11. The van der Waals surface area contributed by atoms with Gasteiger partial charge in [0.15, 0.2) is 17.5 Å². The summed E-state index contributed by atoms with van der Waals surface area (Å²) in [5.74, 6) is -4.45. The molecule has 12 nitrogen and oxygen atoms in total. The van der Waals surface area contributed by atoms with E-state index in [4.69, 9.17) is 9.47 Å². The molecular weight excluding hydrogens is 490 g/mol. The zero-order valence-corrected chi connectivity index (χ0v) is 21.1. The molecule has 1 aromatic rings. The molecule has 2 aliphatic heterocycles. The van der Waals surface area contributed by atoms with Gasteiger partial charge in [-0.25, -0.2) is 4.79 Å². The van der Waals surface area contributed by atoms with Crippen LogP contribution in [0.2, 0.25) is 0 Å². The fourth-order valence-electron chi connectivity index (χ4n) is 9.59. The highest BCUT2D eigenvalue weighted by atomic mass is 16.7. The van der Waals surface area contributed by atoms with Crippen molar-refractivity contribution in [3.63, 3.8) is 0 Å². The van der Waals surface area contributed by atoms with Crippen LogP contribution in [0.1, 0.15) is 57.4 Å². The highest BCUT2D eigenvalue weighted by molar-refractivity contribution is 5.87. The second kappa shape index (κ2) is 6.40. The lowest BCUT2D eigenvalue weighted by Crippen LogP contribution is -2.79. The van der Waals surface area contributed by atoms with Gasteiger partial charge in [0.05, 0.1) is 23.0 Å². The van der Waals surface area contributed by atoms with Crippen molar-refractivity contribution < 1.29 is 55.1 Å². The van der Waals surface area contributed by atoms with Crippen molar-refractivity contribution in [2.24, 2.45) is 16.7 Å². The van der Waals surface area contributed by atoms with Gasteiger partial charge in [-0.15, -0.1) is 0 Å². The fraction of sp³-hybridized carbons (Fsp3) is 0.800. The highest BCUT2D eigenvalue weighted by Crippen LogP contribution is 2.90. The molecule has 12 heteroatoms. The van der Waals surface area contributed by atoms with Gasteiger partial charge < -0.3 is 55.3 Å². The Balaban J connectivity index is 1.72. The van der Waals surface area contributed by atoms with Crippen LogP contribution in [-0.4, -0.2) is 110 Å². The van der Waals surface area contributed by atoms with E-state index in [2.05, 4.69) is 4.98 Å². The van der Waals surface area contributed by atoms with E-state index in [1.54, 1.807) is 0 Å².